The average Bonchev–Trinajstić information content (AvgIpc) is 2.66. The third-order valence-corrected chi connectivity index (χ3v) is 5.73. The van der Waals surface area contributed by atoms with Crippen LogP contribution >= 0.6 is 11.8 Å². The number of amides is 1. The summed E-state index contributed by atoms with van der Waals surface area (Å²) in [4.78, 5) is 17.1. The van der Waals surface area contributed by atoms with Gasteiger partial charge in [-0.25, -0.2) is 4.98 Å². The molecule has 1 aliphatic carbocycles. The van der Waals surface area contributed by atoms with E-state index in [1.54, 1.807) is 0 Å². The highest BCUT2D eigenvalue weighted by atomic mass is 32.2. The Morgan fingerprint density at radius 3 is 2.77 bits per heavy atom. The number of aryl methyl sites for hydroxylation is 3. The standard InChI is InChI=1S/C21H23N3OS/c1-14-7-9-16(10-8-14)13-23-20(25)15(2)26-21-18(12-22)11-17-5-3-4-6-19(17)24-21/h7-11,15H,3-6,13H2,1-2H3,(H,23,25). The first-order chi connectivity index (χ1) is 12.6. The Labute approximate surface area is 159 Å². The number of fused-ring (bicyclic) bond motifs is 1. The van der Waals surface area contributed by atoms with Gasteiger partial charge in [0.25, 0.3) is 0 Å². The minimum atomic E-state index is -0.304. The number of pyridine rings is 1. The predicted octanol–water partition coefficient (Wildman–Crippen LogP) is 3.94. The van der Waals surface area contributed by atoms with Crippen molar-refractivity contribution in [1.82, 2.24) is 10.3 Å². The maximum atomic E-state index is 12.4. The lowest BCUT2D eigenvalue weighted by Crippen LogP contribution is -2.30. The first-order valence-corrected chi connectivity index (χ1v) is 9.87. The van der Waals surface area contributed by atoms with Crippen molar-refractivity contribution in [2.45, 2.75) is 56.4 Å². The third-order valence-electron chi connectivity index (χ3n) is 4.63. The lowest BCUT2D eigenvalue weighted by atomic mass is 9.95. The number of benzene rings is 1. The van der Waals surface area contributed by atoms with Crippen LogP contribution in [0.25, 0.3) is 0 Å². The van der Waals surface area contributed by atoms with E-state index in [1.165, 1.54) is 22.9 Å². The molecule has 0 spiro atoms. The number of hydrogen-bond donors (Lipinski definition) is 1. The summed E-state index contributed by atoms with van der Waals surface area (Å²) >= 11 is 1.37. The normalized spacial score (nSPS) is 14.2. The quantitative estimate of drug-likeness (QED) is 0.815. The fourth-order valence-corrected chi connectivity index (χ4v) is 3.96. The molecule has 1 aromatic carbocycles. The fraction of sp³-hybridized carbons (Fsp3) is 0.381. The highest BCUT2D eigenvalue weighted by Gasteiger charge is 2.20. The number of hydrogen-bond acceptors (Lipinski definition) is 4. The summed E-state index contributed by atoms with van der Waals surface area (Å²) < 4.78 is 0. The molecule has 0 aliphatic heterocycles. The number of nitrogens with one attached hydrogen (secondary N) is 1. The highest BCUT2D eigenvalue weighted by molar-refractivity contribution is 8.00. The summed E-state index contributed by atoms with van der Waals surface area (Å²) in [5.41, 5.74) is 5.13. The molecule has 4 nitrogen and oxygen atoms in total. The lowest BCUT2D eigenvalue weighted by molar-refractivity contribution is -0.120. The van der Waals surface area contributed by atoms with Crippen LogP contribution in [0.3, 0.4) is 0 Å². The molecule has 0 saturated heterocycles. The Morgan fingerprint density at radius 1 is 1.31 bits per heavy atom. The fourth-order valence-electron chi connectivity index (χ4n) is 3.04. The molecule has 134 valence electrons. The van der Waals surface area contributed by atoms with Crippen molar-refractivity contribution >= 4 is 17.7 Å². The molecular weight excluding hydrogens is 342 g/mol. The second-order valence-corrected chi connectivity index (χ2v) is 8.06. The van der Waals surface area contributed by atoms with Crippen LogP contribution in [-0.4, -0.2) is 16.1 Å². The zero-order chi connectivity index (χ0) is 18.5. The van der Waals surface area contributed by atoms with Crippen LogP contribution in [0, 0.1) is 18.3 Å². The first-order valence-electron chi connectivity index (χ1n) is 8.99. The van der Waals surface area contributed by atoms with Gasteiger partial charge in [-0.05, 0) is 56.7 Å². The number of rotatable bonds is 5. The SMILES string of the molecule is Cc1ccc(CNC(=O)C(C)Sc2nc3c(cc2C#N)CCCC3)cc1. The molecule has 1 aromatic heterocycles. The van der Waals surface area contributed by atoms with Crippen molar-refractivity contribution in [3.63, 3.8) is 0 Å². The van der Waals surface area contributed by atoms with Gasteiger partial charge in [0.2, 0.25) is 5.91 Å². The van der Waals surface area contributed by atoms with Gasteiger partial charge in [0.1, 0.15) is 11.1 Å². The van der Waals surface area contributed by atoms with E-state index in [0.717, 1.165) is 36.9 Å². The molecule has 2 aromatic rings. The molecule has 1 amide bonds. The average molecular weight is 366 g/mol. The van der Waals surface area contributed by atoms with Gasteiger partial charge in [0, 0.05) is 12.2 Å². The molecule has 1 aliphatic rings. The Morgan fingerprint density at radius 2 is 2.04 bits per heavy atom. The lowest BCUT2D eigenvalue weighted by Gasteiger charge is -2.18. The van der Waals surface area contributed by atoms with Crippen molar-refractivity contribution in [3.05, 3.63) is 58.3 Å². The van der Waals surface area contributed by atoms with Crippen LogP contribution in [0.2, 0.25) is 0 Å². The molecule has 1 N–H and O–H groups in total. The smallest absolute Gasteiger partial charge is 0.233 e. The van der Waals surface area contributed by atoms with Crippen molar-refractivity contribution < 1.29 is 4.79 Å². The van der Waals surface area contributed by atoms with E-state index in [-0.39, 0.29) is 11.2 Å². The minimum absolute atomic E-state index is 0.0426. The van der Waals surface area contributed by atoms with Gasteiger partial charge >= 0.3 is 0 Å². The number of nitriles is 1. The van der Waals surface area contributed by atoms with Gasteiger partial charge in [-0.3, -0.25) is 4.79 Å². The molecular formula is C21H23N3OS. The molecule has 0 saturated carbocycles. The number of aromatic nitrogens is 1. The van der Waals surface area contributed by atoms with Crippen molar-refractivity contribution in [2.75, 3.05) is 0 Å². The third kappa shape index (κ3) is 4.44. The molecule has 3 rings (SSSR count). The molecule has 1 unspecified atom stereocenters. The van der Waals surface area contributed by atoms with Crippen LogP contribution in [0.15, 0.2) is 35.4 Å². The van der Waals surface area contributed by atoms with E-state index in [4.69, 9.17) is 4.98 Å². The highest BCUT2D eigenvalue weighted by Crippen LogP contribution is 2.29. The van der Waals surface area contributed by atoms with Gasteiger partial charge in [0.15, 0.2) is 0 Å². The summed E-state index contributed by atoms with van der Waals surface area (Å²) in [6.07, 6.45) is 4.25. The van der Waals surface area contributed by atoms with Gasteiger partial charge in [-0.15, -0.1) is 0 Å². The predicted molar refractivity (Wildman–Crippen MR) is 104 cm³/mol. The van der Waals surface area contributed by atoms with Gasteiger partial charge in [-0.1, -0.05) is 41.6 Å². The van der Waals surface area contributed by atoms with E-state index >= 15 is 0 Å². The van der Waals surface area contributed by atoms with E-state index in [2.05, 4.69) is 11.4 Å². The maximum absolute atomic E-state index is 12.4. The molecule has 5 heteroatoms. The molecule has 0 bridgehead atoms. The topological polar surface area (TPSA) is 65.8 Å². The first kappa shape index (κ1) is 18.5. The Hall–Kier alpha value is -2.32. The van der Waals surface area contributed by atoms with Gasteiger partial charge in [0.05, 0.1) is 10.8 Å². The summed E-state index contributed by atoms with van der Waals surface area (Å²) in [5, 5.41) is 12.8. The molecule has 26 heavy (non-hydrogen) atoms. The van der Waals surface area contributed by atoms with Crippen LogP contribution in [0.4, 0.5) is 0 Å². The van der Waals surface area contributed by atoms with Gasteiger partial charge < -0.3 is 5.32 Å². The van der Waals surface area contributed by atoms with Crippen molar-refractivity contribution in [3.8, 4) is 6.07 Å². The second kappa shape index (κ2) is 8.37. The van der Waals surface area contributed by atoms with Crippen LogP contribution in [0.1, 0.15) is 47.7 Å². The Kier molecular flexibility index (Phi) is 5.95. The van der Waals surface area contributed by atoms with Crippen molar-refractivity contribution in [1.29, 1.82) is 5.26 Å². The number of carbonyl (C=O) groups excluding carboxylic acids is 1. The molecule has 0 fully saturated rings. The number of thioether (sulfide) groups is 1. The van der Waals surface area contributed by atoms with E-state index in [0.29, 0.717) is 17.1 Å². The Bertz CT molecular complexity index is 840. The van der Waals surface area contributed by atoms with Crippen molar-refractivity contribution in [2.24, 2.45) is 0 Å². The van der Waals surface area contributed by atoms with E-state index < -0.39 is 0 Å². The van der Waals surface area contributed by atoms with Gasteiger partial charge in [-0.2, -0.15) is 5.26 Å². The monoisotopic (exact) mass is 365 g/mol. The largest absolute Gasteiger partial charge is 0.351 e. The maximum Gasteiger partial charge on any atom is 0.233 e. The number of carbonyl (C=O) groups is 1. The molecule has 1 heterocycles. The second-order valence-electron chi connectivity index (χ2n) is 6.73. The summed E-state index contributed by atoms with van der Waals surface area (Å²) in [5.74, 6) is -0.0426. The summed E-state index contributed by atoms with van der Waals surface area (Å²) in [6.45, 7) is 4.41. The molecule has 1 atom stereocenters. The zero-order valence-corrected chi connectivity index (χ0v) is 16.0. The summed E-state index contributed by atoms with van der Waals surface area (Å²) in [7, 11) is 0. The van der Waals surface area contributed by atoms with E-state index in [1.807, 2.05) is 44.2 Å². The van der Waals surface area contributed by atoms with Crippen LogP contribution < -0.4 is 5.32 Å². The van der Waals surface area contributed by atoms with Crippen LogP contribution in [-0.2, 0) is 24.2 Å². The minimum Gasteiger partial charge on any atom is -0.351 e. The van der Waals surface area contributed by atoms with E-state index in [9.17, 15) is 10.1 Å². The summed E-state index contributed by atoms with van der Waals surface area (Å²) in [6, 6.07) is 12.3. The zero-order valence-electron chi connectivity index (χ0n) is 15.2. The van der Waals surface area contributed by atoms with Crippen LogP contribution in [0.5, 0.6) is 0 Å². The Balaban J connectivity index is 1.65. The number of nitrogens with zero attached hydrogens (tertiary/aromatic N) is 2. The molecule has 0 radical (unpaired) electrons.